The summed E-state index contributed by atoms with van der Waals surface area (Å²) in [6, 6.07) is 4.41. The third-order valence-corrected chi connectivity index (χ3v) is 5.39. The third kappa shape index (κ3) is 2.83. The molecule has 24 heavy (non-hydrogen) atoms. The summed E-state index contributed by atoms with van der Waals surface area (Å²) in [6.45, 7) is 3.84. The smallest absolute Gasteiger partial charge is 0.226 e. The van der Waals surface area contributed by atoms with Gasteiger partial charge in [0.1, 0.15) is 5.82 Å². The molecule has 2 aromatic heterocycles. The molecule has 1 aliphatic carbocycles. The van der Waals surface area contributed by atoms with Crippen LogP contribution in [0.5, 0.6) is 0 Å². The van der Waals surface area contributed by atoms with E-state index in [2.05, 4.69) is 38.6 Å². The van der Waals surface area contributed by atoms with Gasteiger partial charge in [0.05, 0.1) is 6.04 Å². The van der Waals surface area contributed by atoms with Gasteiger partial charge in [0.2, 0.25) is 5.91 Å². The van der Waals surface area contributed by atoms with Gasteiger partial charge in [0.25, 0.3) is 0 Å². The molecule has 0 aromatic carbocycles. The number of likely N-dealkylation sites (tertiary alicyclic amines) is 1. The molecule has 5 nitrogen and oxygen atoms in total. The summed E-state index contributed by atoms with van der Waals surface area (Å²) in [5, 5.41) is 0. The van der Waals surface area contributed by atoms with E-state index in [1.165, 1.54) is 5.56 Å². The normalized spacial score (nSPS) is 26.4. The number of carbonyl (C=O) groups is 1. The summed E-state index contributed by atoms with van der Waals surface area (Å²) >= 11 is 0. The van der Waals surface area contributed by atoms with Crippen LogP contribution < -0.4 is 0 Å². The van der Waals surface area contributed by atoms with Gasteiger partial charge < -0.3 is 9.47 Å². The Labute approximate surface area is 142 Å². The molecule has 1 amide bonds. The monoisotopic (exact) mass is 324 g/mol. The lowest BCUT2D eigenvalue weighted by molar-refractivity contribution is -0.134. The highest BCUT2D eigenvalue weighted by atomic mass is 16.2. The van der Waals surface area contributed by atoms with Gasteiger partial charge in [0.15, 0.2) is 0 Å². The van der Waals surface area contributed by atoms with E-state index in [1.807, 2.05) is 18.5 Å². The predicted molar refractivity (Wildman–Crippen MR) is 91.5 cm³/mol. The van der Waals surface area contributed by atoms with Crippen LogP contribution in [0.1, 0.15) is 49.5 Å². The second-order valence-electron chi connectivity index (χ2n) is 6.92. The SMILES string of the molecule is CCc1nccn1[C@@H]1CCCN(C(=O)[C@H]2C[C@H]2c2cccnc2)C1. The van der Waals surface area contributed by atoms with Gasteiger partial charge in [-0.3, -0.25) is 9.78 Å². The quantitative estimate of drug-likeness (QED) is 0.869. The van der Waals surface area contributed by atoms with E-state index in [0.717, 1.165) is 44.6 Å². The van der Waals surface area contributed by atoms with Crippen LogP contribution in [0.3, 0.4) is 0 Å². The minimum Gasteiger partial charge on any atom is -0.340 e. The fourth-order valence-electron chi connectivity index (χ4n) is 4.00. The number of amides is 1. The maximum atomic E-state index is 12.9. The van der Waals surface area contributed by atoms with Gasteiger partial charge >= 0.3 is 0 Å². The number of aryl methyl sites for hydroxylation is 1. The minimum atomic E-state index is 0.154. The fraction of sp³-hybridized carbons (Fsp3) is 0.526. The van der Waals surface area contributed by atoms with Crippen molar-refractivity contribution in [3.63, 3.8) is 0 Å². The van der Waals surface area contributed by atoms with Crippen molar-refractivity contribution >= 4 is 5.91 Å². The van der Waals surface area contributed by atoms with E-state index in [0.29, 0.717) is 17.9 Å². The summed E-state index contributed by atoms with van der Waals surface area (Å²) in [5.41, 5.74) is 1.20. The van der Waals surface area contributed by atoms with Crippen molar-refractivity contribution in [2.24, 2.45) is 5.92 Å². The average molecular weight is 324 g/mol. The first kappa shape index (κ1) is 15.4. The van der Waals surface area contributed by atoms with E-state index >= 15 is 0 Å². The maximum Gasteiger partial charge on any atom is 0.226 e. The Morgan fingerprint density at radius 1 is 1.38 bits per heavy atom. The molecular weight excluding hydrogens is 300 g/mol. The standard InChI is InChI=1S/C19H24N4O/c1-2-18-21-8-10-23(18)15-6-4-9-22(13-15)19(24)17-11-16(17)14-5-3-7-20-12-14/h3,5,7-8,10,12,15-17H,2,4,6,9,11,13H2,1H3/t15-,16+,17+/m1/s1. The highest BCUT2D eigenvalue weighted by Crippen LogP contribution is 2.48. The fourth-order valence-corrected chi connectivity index (χ4v) is 4.00. The molecule has 1 saturated heterocycles. The van der Waals surface area contributed by atoms with Crippen LogP contribution in [0.15, 0.2) is 36.9 Å². The molecule has 5 heteroatoms. The predicted octanol–water partition coefficient (Wildman–Crippen LogP) is 2.81. The molecular formula is C19H24N4O. The van der Waals surface area contributed by atoms with Crippen molar-refractivity contribution in [3.8, 4) is 0 Å². The summed E-state index contributed by atoms with van der Waals surface area (Å²) in [5.74, 6) is 1.97. The zero-order valence-electron chi connectivity index (χ0n) is 14.1. The van der Waals surface area contributed by atoms with Crippen LogP contribution in [-0.4, -0.2) is 38.4 Å². The van der Waals surface area contributed by atoms with Gasteiger partial charge in [-0.1, -0.05) is 13.0 Å². The minimum absolute atomic E-state index is 0.154. The lowest BCUT2D eigenvalue weighted by Gasteiger charge is -2.34. The van der Waals surface area contributed by atoms with Crippen molar-refractivity contribution in [1.82, 2.24) is 19.4 Å². The molecule has 3 atom stereocenters. The number of hydrogen-bond acceptors (Lipinski definition) is 3. The van der Waals surface area contributed by atoms with Crippen molar-refractivity contribution in [1.29, 1.82) is 0 Å². The molecule has 1 aliphatic heterocycles. The summed E-state index contributed by atoms with van der Waals surface area (Å²) in [6.07, 6.45) is 11.7. The summed E-state index contributed by atoms with van der Waals surface area (Å²) < 4.78 is 2.27. The highest BCUT2D eigenvalue weighted by molar-refractivity contribution is 5.83. The number of aromatic nitrogens is 3. The van der Waals surface area contributed by atoms with Crippen LogP contribution in [0.25, 0.3) is 0 Å². The molecule has 0 unspecified atom stereocenters. The van der Waals surface area contributed by atoms with Crippen molar-refractivity contribution < 1.29 is 4.79 Å². The molecule has 1 saturated carbocycles. The van der Waals surface area contributed by atoms with E-state index in [4.69, 9.17) is 0 Å². The number of piperidine rings is 1. The molecule has 2 aromatic rings. The summed E-state index contributed by atoms with van der Waals surface area (Å²) in [7, 11) is 0. The number of nitrogens with zero attached hydrogens (tertiary/aromatic N) is 4. The zero-order chi connectivity index (χ0) is 16.5. The molecule has 3 heterocycles. The van der Waals surface area contributed by atoms with Crippen molar-refractivity contribution in [3.05, 3.63) is 48.3 Å². The van der Waals surface area contributed by atoms with Crippen LogP contribution in [0, 0.1) is 5.92 Å². The Hall–Kier alpha value is -2.17. The number of imidazole rings is 1. The van der Waals surface area contributed by atoms with Crippen LogP contribution in [0.2, 0.25) is 0 Å². The van der Waals surface area contributed by atoms with E-state index in [9.17, 15) is 4.79 Å². The Balaban J connectivity index is 1.42. The zero-order valence-corrected chi connectivity index (χ0v) is 14.1. The van der Waals surface area contributed by atoms with Crippen LogP contribution in [0.4, 0.5) is 0 Å². The molecule has 0 N–H and O–H groups in total. The van der Waals surface area contributed by atoms with E-state index in [-0.39, 0.29) is 5.92 Å². The molecule has 2 aliphatic rings. The van der Waals surface area contributed by atoms with Crippen LogP contribution in [-0.2, 0) is 11.2 Å². The topological polar surface area (TPSA) is 51.0 Å². The molecule has 0 spiro atoms. The molecule has 2 fully saturated rings. The van der Waals surface area contributed by atoms with Gasteiger partial charge in [-0.05, 0) is 36.8 Å². The van der Waals surface area contributed by atoms with Crippen LogP contribution >= 0.6 is 0 Å². The van der Waals surface area contributed by atoms with E-state index in [1.54, 1.807) is 6.20 Å². The second-order valence-corrected chi connectivity index (χ2v) is 6.92. The largest absolute Gasteiger partial charge is 0.340 e. The number of hydrogen-bond donors (Lipinski definition) is 0. The first-order chi connectivity index (χ1) is 11.8. The molecule has 0 radical (unpaired) electrons. The number of carbonyl (C=O) groups excluding carboxylic acids is 1. The summed E-state index contributed by atoms with van der Waals surface area (Å²) in [4.78, 5) is 23.6. The first-order valence-corrected chi connectivity index (χ1v) is 8.98. The van der Waals surface area contributed by atoms with Gasteiger partial charge in [0, 0.05) is 50.2 Å². The van der Waals surface area contributed by atoms with Gasteiger partial charge in [-0.15, -0.1) is 0 Å². The molecule has 126 valence electrons. The van der Waals surface area contributed by atoms with E-state index < -0.39 is 0 Å². The lowest BCUT2D eigenvalue weighted by atomic mass is 10.0. The maximum absolute atomic E-state index is 12.9. The molecule has 4 rings (SSSR count). The second kappa shape index (κ2) is 6.38. The number of rotatable bonds is 4. The third-order valence-electron chi connectivity index (χ3n) is 5.39. The van der Waals surface area contributed by atoms with Crippen molar-refractivity contribution in [2.45, 2.75) is 44.6 Å². The lowest BCUT2D eigenvalue weighted by Crippen LogP contribution is -2.41. The Morgan fingerprint density at radius 3 is 3.08 bits per heavy atom. The van der Waals surface area contributed by atoms with Crippen molar-refractivity contribution in [2.75, 3.05) is 13.1 Å². The number of pyridine rings is 1. The average Bonchev–Trinajstić information content (AvgIpc) is 3.30. The first-order valence-electron chi connectivity index (χ1n) is 8.98. The Kier molecular flexibility index (Phi) is 4.08. The van der Waals surface area contributed by atoms with Gasteiger partial charge in [-0.25, -0.2) is 4.98 Å². The Bertz CT molecular complexity index is 711. The highest BCUT2D eigenvalue weighted by Gasteiger charge is 2.46. The Morgan fingerprint density at radius 2 is 2.29 bits per heavy atom. The molecule has 0 bridgehead atoms. The van der Waals surface area contributed by atoms with Gasteiger partial charge in [-0.2, -0.15) is 0 Å².